The highest BCUT2D eigenvalue weighted by Gasteiger charge is 2.26. The Hall–Kier alpha value is -3.07. The number of aromatic nitrogens is 1. The van der Waals surface area contributed by atoms with Crippen molar-refractivity contribution in [2.75, 3.05) is 10.4 Å². The van der Waals surface area contributed by atoms with Crippen molar-refractivity contribution < 1.29 is 0 Å². The lowest BCUT2D eigenvalue weighted by Gasteiger charge is -2.23. The molecule has 0 fully saturated rings. The van der Waals surface area contributed by atoms with E-state index in [9.17, 15) is 0 Å². The molecule has 27 heavy (non-hydrogen) atoms. The topological polar surface area (TPSA) is 28.2 Å². The summed E-state index contributed by atoms with van der Waals surface area (Å²) in [6.07, 6.45) is 0. The largest absolute Gasteiger partial charge is 0.297 e. The second kappa shape index (κ2) is 5.71. The summed E-state index contributed by atoms with van der Waals surface area (Å²) in [6.45, 7) is 9.46. The minimum atomic E-state index is 0.852. The van der Waals surface area contributed by atoms with Crippen LogP contribution in [-0.2, 0) is 6.54 Å². The standard InChI is InChI=1S/C24H23N3/c1-14-7-6-10-18-20-13-27(24-15(2)8-5-9-16(24)3)26-22(20)19-12-11-17(4)25-23(19)21(14)18/h5-12,26H,13H2,1-4H3. The highest BCUT2D eigenvalue weighted by molar-refractivity contribution is 6.15. The minimum Gasteiger partial charge on any atom is -0.297 e. The first-order valence-corrected chi connectivity index (χ1v) is 9.46. The molecule has 5 rings (SSSR count). The first-order valence-electron chi connectivity index (χ1n) is 9.46. The van der Waals surface area contributed by atoms with Gasteiger partial charge in [-0.1, -0.05) is 36.4 Å². The molecule has 0 unspecified atom stereocenters. The number of hydrazine groups is 1. The zero-order valence-corrected chi connectivity index (χ0v) is 16.2. The Bertz CT molecular complexity index is 1200. The molecule has 4 aromatic rings. The van der Waals surface area contributed by atoms with Gasteiger partial charge >= 0.3 is 0 Å². The number of rotatable bonds is 1. The number of hydrogen-bond donors (Lipinski definition) is 1. The Morgan fingerprint density at radius 2 is 1.52 bits per heavy atom. The number of nitrogens with zero attached hydrogens (tertiary/aromatic N) is 2. The third kappa shape index (κ3) is 2.31. The molecule has 0 aliphatic carbocycles. The van der Waals surface area contributed by atoms with Crippen LogP contribution < -0.4 is 10.4 Å². The molecule has 0 amide bonds. The van der Waals surface area contributed by atoms with E-state index in [0.29, 0.717) is 0 Å². The lowest BCUT2D eigenvalue weighted by molar-refractivity contribution is 0.959. The molecule has 3 nitrogen and oxygen atoms in total. The quantitative estimate of drug-likeness (QED) is 0.427. The van der Waals surface area contributed by atoms with Crippen molar-refractivity contribution in [3.05, 3.63) is 76.5 Å². The lowest BCUT2D eigenvalue weighted by Crippen LogP contribution is -2.24. The van der Waals surface area contributed by atoms with Crippen molar-refractivity contribution in [1.29, 1.82) is 0 Å². The third-order valence-electron chi connectivity index (χ3n) is 5.71. The summed E-state index contributed by atoms with van der Waals surface area (Å²) >= 11 is 0. The molecule has 0 saturated carbocycles. The van der Waals surface area contributed by atoms with Gasteiger partial charge in [0.05, 0.1) is 23.4 Å². The van der Waals surface area contributed by atoms with E-state index in [1.165, 1.54) is 49.8 Å². The molecule has 1 aliphatic heterocycles. The minimum absolute atomic E-state index is 0.852. The van der Waals surface area contributed by atoms with E-state index in [-0.39, 0.29) is 0 Å². The Kier molecular flexibility index (Phi) is 3.41. The Labute approximate surface area is 159 Å². The SMILES string of the molecule is Cc1ccc2c3c(c4cccc(C)c4c2n1)CN(c1c(C)cccc1C)N3. The fourth-order valence-corrected chi connectivity index (χ4v) is 4.47. The Balaban J connectivity index is 1.81. The second-order valence-corrected chi connectivity index (χ2v) is 7.64. The van der Waals surface area contributed by atoms with E-state index in [4.69, 9.17) is 4.98 Å². The maximum Gasteiger partial charge on any atom is 0.0807 e. The maximum absolute atomic E-state index is 4.92. The van der Waals surface area contributed by atoms with Gasteiger partial charge in [-0.25, -0.2) is 0 Å². The summed E-state index contributed by atoms with van der Waals surface area (Å²) in [5.74, 6) is 0. The zero-order chi connectivity index (χ0) is 18.7. The molecule has 1 aliphatic rings. The van der Waals surface area contributed by atoms with Crippen molar-refractivity contribution in [2.45, 2.75) is 34.2 Å². The van der Waals surface area contributed by atoms with Crippen LogP contribution in [0.25, 0.3) is 21.7 Å². The molecule has 1 N–H and O–H groups in total. The number of fused-ring (bicyclic) bond motifs is 6. The van der Waals surface area contributed by atoms with Gasteiger partial charge in [-0.3, -0.25) is 15.4 Å². The van der Waals surface area contributed by atoms with E-state index in [0.717, 1.165) is 17.8 Å². The number of anilines is 2. The van der Waals surface area contributed by atoms with E-state index in [2.05, 4.69) is 86.7 Å². The first kappa shape index (κ1) is 16.1. The van der Waals surface area contributed by atoms with Crippen molar-refractivity contribution in [1.82, 2.24) is 4.98 Å². The molecule has 134 valence electrons. The van der Waals surface area contributed by atoms with Crippen LogP contribution in [0.1, 0.15) is 27.9 Å². The van der Waals surface area contributed by atoms with Crippen LogP contribution >= 0.6 is 0 Å². The number of nitrogens with one attached hydrogen (secondary N) is 1. The fourth-order valence-electron chi connectivity index (χ4n) is 4.47. The highest BCUT2D eigenvalue weighted by atomic mass is 15.5. The van der Waals surface area contributed by atoms with E-state index in [1.807, 2.05) is 0 Å². The molecule has 0 saturated heterocycles. The normalized spacial score (nSPS) is 13.3. The average molecular weight is 353 g/mol. The smallest absolute Gasteiger partial charge is 0.0807 e. The number of aryl methyl sites for hydroxylation is 4. The summed E-state index contributed by atoms with van der Waals surface area (Å²) in [5, 5.41) is 6.07. The summed E-state index contributed by atoms with van der Waals surface area (Å²) in [4.78, 5) is 4.92. The van der Waals surface area contributed by atoms with E-state index >= 15 is 0 Å². The average Bonchev–Trinajstić information content (AvgIpc) is 3.06. The van der Waals surface area contributed by atoms with Crippen LogP contribution in [0.3, 0.4) is 0 Å². The first-order chi connectivity index (χ1) is 13.0. The van der Waals surface area contributed by atoms with Gasteiger partial charge in [-0.15, -0.1) is 0 Å². The summed E-state index contributed by atoms with van der Waals surface area (Å²) in [6, 6.07) is 17.4. The lowest BCUT2D eigenvalue weighted by atomic mass is 9.95. The molecule has 2 heterocycles. The van der Waals surface area contributed by atoms with Crippen LogP contribution in [0.5, 0.6) is 0 Å². The Morgan fingerprint density at radius 3 is 2.30 bits per heavy atom. The molecule has 3 heteroatoms. The van der Waals surface area contributed by atoms with Gasteiger partial charge in [-0.05, 0) is 61.9 Å². The summed E-state index contributed by atoms with van der Waals surface area (Å²) < 4.78 is 0. The third-order valence-corrected chi connectivity index (χ3v) is 5.71. The van der Waals surface area contributed by atoms with E-state index < -0.39 is 0 Å². The van der Waals surface area contributed by atoms with Crippen LogP contribution in [0.15, 0.2) is 48.5 Å². The molecule has 3 aromatic carbocycles. The van der Waals surface area contributed by atoms with Gasteiger partial charge in [0.1, 0.15) is 0 Å². The van der Waals surface area contributed by atoms with Gasteiger partial charge in [-0.2, -0.15) is 0 Å². The zero-order valence-electron chi connectivity index (χ0n) is 16.2. The van der Waals surface area contributed by atoms with Crippen molar-refractivity contribution >= 4 is 33.1 Å². The monoisotopic (exact) mass is 353 g/mol. The van der Waals surface area contributed by atoms with Crippen LogP contribution in [0.4, 0.5) is 11.4 Å². The van der Waals surface area contributed by atoms with Gasteiger partial charge in [0, 0.05) is 22.0 Å². The molecule has 1 aromatic heterocycles. The Morgan fingerprint density at radius 1 is 0.815 bits per heavy atom. The van der Waals surface area contributed by atoms with Crippen molar-refractivity contribution in [3.8, 4) is 0 Å². The predicted molar refractivity (Wildman–Crippen MR) is 114 cm³/mol. The highest BCUT2D eigenvalue weighted by Crippen LogP contribution is 2.43. The molecule has 0 radical (unpaired) electrons. The number of hydrogen-bond acceptors (Lipinski definition) is 3. The number of benzene rings is 3. The maximum atomic E-state index is 4.92. The molecular formula is C24H23N3. The summed E-state index contributed by atoms with van der Waals surface area (Å²) in [7, 11) is 0. The van der Waals surface area contributed by atoms with Crippen molar-refractivity contribution in [3.63, 3.8) is 0 Å². The molecule has 0 bridgehead atoms. The van der Waals surface area contributed by atoms with Gasteiger partial charge in [0.2, 0.25) is 0 Å². The number of pyridine rings is 1. The molecule has 0 atom stereocenters. The molecular weight excluding hydrogens is 330 g/mol. The van der Waals surface area contributed by atoms with E-state index in [1.54, 1.807) is 0 Å². The summed E-state index contributed by atoms with van der Waals surface area (Å²) in [5.41, 5.74) is 13.5. The van der Waals surface area contributed by atoms with Crippen LogP contribution in [0, 0.1) is 27.7 Å². The predicted octanol–water partition coefficient (Wildman–Crippen LogP) is 5.97. The molecule has 0 spiro atoms. The number of para-hydroxylation sites is 1. The van der Waals surface area contributed by atoms with Crippen LogP contribution in [-0.4, -0.2) is 4.98 Å². The van der Waals surface area contributed by atoms with Gasteiger partial charge in [0.15, 0.2) is 0 Å². The fraction of sp³-hybridized carbons (Fsp3) is 0.208. The van der Waals surface area contributed by atoms with Crippen LogP contribution in [0.2, 0.25) is 0 Å². The van der Waals surface area contributed by atoms with Gasteiger partial charge in [0.25, 0.3) is 0 Å². The second-order valence-electron chi connectivity index (χ2n) is 7.64. The van der Waals surface area contributed by atoms with Gasteiger partial charge < -0.3 is 0 Å². The van der Waals surface area contributed by atoms with Crippen molar-refractivity contribution in [2.24, 2.45) is 0 Å².